The van der Waals surface area contributed by atoms with Gasteiger partial charge in [0, 0.05) is 25.2 Å². The summed E-state index contributed by atoms with van der Waals surface area (Å²) in [4.78, 5) is 4.99. The summed E-state index contributed by atoms with van der Waals surface area (Å²) in [5, 5.41) is 0. The second-order valence-corrected chi connectivity index (χ2v) is 5.41. The van der Waals surface area contributed by atoms with Gasteiger partial charge in [-0.1, -0.05) is 12.2 Å². The van der Waals surface area contributed by atoms with Gasteiger partial charge >= 0.3 is 0 Å². The summed E-state index contributed by atoms with van der Waals surface area (Å²) in [6, 6.07) is 0. The molecule has 13 heavy (non-hydrogen) atoms. The first-order valence-electron chi connectivity index (χ1n) is 5.08. The van der Waals surface area contributed by atoms with Gasteiger partial charge in [0.05, 0.1) is 5.54 Å². The van der Waals surface area contributed by atoms with Crippen LogP contribution in [0.1, 0.15) is 20.8 Å². The van der Waals surface area contributed by atoms with Gasteiger partial charge in [-0.15, -0.1) is 0 Å². The molecular weight excluding hydrogens is 160 g/mol. The van der Waals surface area contributed by atoms with Gasteiger partial charge in [-0.2, -0.15) is 0 Å². The Morgan fingerprint density at radius 2 is 1.85 bits per heavy atom. The van der Waals surface area contributed by atoms with Gasteiger partial charge in [-0.3, -0.25) is 9.80 Å². The highest BCUT2D eigenvalue weighted by Crippen LogP contribution is 2.35. The normalized spacial score (nSPS) is 28.3. The Bertz CT molecular complexity index is 231. The highest BCUT2D eigenvalue weighted by Gasteiger charge is 2.48. The molecule has 0 bridgehead atoms. The van der Waals surface area contributed by atoms with Crippen molar-refractivity contribution >= 4 is 0 Å². The molecule has 2 aliphatic heterocycles. The van der Waals surface area contributed by atoms with Crippen LogP contribution >= 0.6 is 0 Å². The van der Waals surface area contributed by atoms with Crippen molar-refractivity contribution in [3.8, 4) is 0 Å². The van der Waals surface area contributed by atoms with Gasteiger partial charge in [0.25, 0.3) is 0 Å². The van der Waals surface area contributed by atoms with Crippen LogP contribution in [0.2, 0.25) is 0 Å². The monoisotopic (exact) mass is 180 g/mol. The summed E-state index contributed by atoms with van der Waals surface area (Å²) >= 11 is 0. The maximum Gasteiger partial charge on any atom is 0.0648 e. The molecule has 2 rings (SSSR count). The van der Waals surface area contributed by atoms with Crippen LogP contribution in [0.4, 0.5) is 0 Å². The summed E-state index contributed by atoms with van der Waals surface area (Å²) < 4.78 is 0. The molecule has 0 aliphatic carbocycles. The molecule has 74 valence electrons. The minimum absolute atomic E-state index is 0.336. The van der Waals surface area contributed by atoms with Crippen LogP contribution in [0.15, 0.2) is 12.2 Å². The van der Waals surface area contributed by atoms with Crippen LogP contribution in [0.5, 0.6) is 0 Å². The molecule has 1 fully saturated rings. The lowest BCUT2D eigenvalue weighted by molar-refractivity contribution is -0.0467. The number of rotatable bonds is 0. The molecule has 0 radical (unpaired) electrons. The van der Waals surface area contributed by atoms with Crippen molar-refractivity contribution in [2.24, 2.45) is 0 Å². The number of nitrogens with zero attached hydrogens (tertiary/aromatic N) is 2. The molecule has 2 nitrogen and oxygen atoms in total. The Morgan fingerprint density at radius 1 is 1.23 bits per heavy atom. The van der Waals surface area contributed by atoms with E-state index >= 15 is 0 Å². The first kappa shape index (κ1) is 9.22. The van der Waals surface area contributed by atoms with Crippen molar-refractivity contribution in [1.82, 2.24) is 9.80 Å². The Kier molecular flexibility index (Phi) is 1.83. The van der Waals surface area contributed by atoms with Crippen molar-refractivity contribution in [3.05, 3.63) is 12.2 Å². The molecule has 1 saturated heterocycles. The summed E-state index contributed by atoms with van der Waals surface area (Å²) in [6.45, 7) is 10.4. The lowest BCUT2D eigenvalue weighted by Gasteiger charge is -2.56. The van der Waals surface area contributed by atoms with Crippen molar-refractivity contribution in [2.75, 3.05) is 26.7 Å². The summed E-state index contributed by atoms with van der Waals surface area (Å²) in [5.41, 5.74) is 0.718. The lowest BCUT2D eigenvalue weighted by Crippen LogP contribution is -2.70. The van der Waals surface area contributed by atoms with Gasteiger partial charge in [0.15, 0.2) is 0 Å². The van der Waals surface area contributed by atoms with E-state index in [1.807, 2.05) is 0 Å². The predicted molar refractivity (Wildman–Crippen MR) is 55.8 cm³/mol. The van der Waals surface area contributed by atoms with Crippen molar-refractivity contribution < 1.29 is 0 Å². The minimum atomic E-state index is 0.336. The molecule has 2 aliphatic rings. The molecule has 0 aromatic heterocycles. The minimum Gasteiger partial charge on any atom is -0.294 e. The Balaban J connectivity index is 2.01. The van der Waals surface area contributed by atoms with E-state index in [1.54, 1.807) is 0 Å². The molecule has 2 heteroatoms. The Hall–Kier alpha value is -0.340. The van der Waals surface area contributed by atoms with E-state index in [9.17, 15) is 0 Å². The quantitative estimate of drug-likeness (QED) is 0.519. The third-order valence-electron chi connectivity index (χ3n) is 3.45. The van der Waals surface area contributed by atoms with Gasteiger partial charge in [-0.25, -0.2) is 0 Å². The van der Waals surface area contributed by atoms with Gasteiger partial charge in [0.2, 0.25) is 0 Å². The first-order valence-corrected chi connectivity index (χ1v) is 5.08. The van der Waals surface area contributed by atoms with Crippen LogP contribution in [-0.4, -0.2) is 47.6 Å². The lowest BCUT2D eigenvalue weighted by atomic mass is 9.85. The number of likely N-dealkylation sites (tertiary alicyclic amines) is 1. The number of hydrogen-bond acceptors (Lipinski definition) is 2. The zero-order valence-corrected chi connectivity index (χ0v) is 9.17. The standard InChI is InChI=1S/C11H20N2/c1-10(2,3)13-8-11(9-13)6-5-7-12(11)4/h5-6H,7-9H2,1-4H3. The average molecular weight is 180 g/mol. The van der Waals surface area contributed by atoms with E-state index in [0.29, 0.717) is 11.1 Å². The van der Waals surface area contributed by atoms with E-state index in [2.05, 4.69) is 49.8 Å². The van der Waals surface area contributed by atoms with Crippen molar-refractivity contribution in [3.63, 3.8) is 0 Å². The maximum atomic E-state index is 2.54. The largest absolute Gasteiger partial charge is 0.294 e. The Morgan fingerprint density at radius 3 is 2.23 bits per heavy atom. The van der Waals surface area contributed by atoms with Gasteiger partial charge in [-0.05, 0) is 27.8 Å². The molecular formula is C11H20N2. The molecule has 0 atom stereocenters. The molecule has 1 spiro atoms. The maximum absolute atomic E-state index is 2.54. The summed E-state index contributed by atoms with van der Waals surface area (Å²) in [6.07, 6.45) is 4.68. The van der Waals surface area contributed by atoms with E-state index < -0.39 is 0 Å². The molecule has 0 saturated carbocycles. The second-order valence-electron chi connectivity index (χ2n) is 5.41. The zero-order valence-electron chi connectivity index (χ0n) is 9.17. The molecule has 0 aromatic carbocycles. The summed E-state index contributed by atoms with van der Waals surface area (Å²) in [7, 11) is 2.22. The summed E-state index contributed by atoms with van der Waals surface area (Å²) in [5.74, 6) is 0. The zero-order chi connectivity index (χ0) is 9.69. The third-order valence-corrected chi connectivity index (χ3v) is 3.45. The molecule has 0 aromatic rings. The molecule has 0 unspecified atom stereocenters. The van der Waals surface area contributed by atoms with Crippen molar-refractivity contribution in [2.45, 2.75) is 31.8 Å². The van der Waals surface area contributed by atoms with E-state index in [4.69, 9.17) is 0 Å². The topological polar surface area (TPSA) is 6.48 Å². The van der Waals surface area contributed by atoms with Crippen LogP contribution in [0.3, 0.4) is 0 Å². The highest BCUT2D eigenvalue weighted by molar-refractivity contribution is 5.23. The fourth-order valence-corrected chi connectivity index (χ4v) is 2.18. The van der Waals surface area contributed by atoms with Crippen LogP contribution in [0.25, 0.3) is 0 Å². The third kappa shape index (κ3) is 1.32. The molecule has 0 amide bonds. The van der Waals surface area contributed by atoms with Gasteiger partial charge in [0.1, 0.15) is 0 Å². The highest BCUT2D eigenvalue weighted by atomic mass is 15.4. The van der Waals surface area contributed by atoms with Gasteiger partial charge < -0.3 is 0 Å². The average Bonchev–Trinajstić information content (AvgIpc) is 2.24. The van der Waals surface area contributed by atoms with E-state index in [0.717, 1.165) is 6.54 Å². The van der Waals surface area contributed by atoms with Crippen LogP contribution < -0.4 is 0 Å². The van der Waals surface area contributed by atoms with Crippen LogP contribution in [0, 0.1) is 0 Å². The Labute approximate surface area is 81.2 Å². The SMILES string of the molecule is CN1CC=CC12CN(C(C)(C)C)C2. The number of likely N-dealkylation sites (N-methyl/N-ethyl adjacent to an activating group) is 1. The molecule has 0 N–H and O–H groups in total. The second kappa shape index (κ2) is 2.58. The molecule has 2 heterocycles. The fraction of sp³-hybridized carbons (Fsp3) is 0.818. The van der Waals surface area contributed by atoms with E-state index in [1.165, 1.54) is 13.1 Å². The van der Waals surface area contributed by atoms with Crippen molar-refractivity contribution in [1.29, 1.82) is 0 Å². The number of hydrogen-bond donors (Lipinski definition) is 0. The first-order chi connectivity index (χ1) is 5.94. The van der Waals surface area contributed by atoms with Crippen LogP contribution in [-0.2, 0) is 0 Å². The van der Waals surface area contributed by atoms with E-state index in [-0.39, 0.29) is 0 Å². The predicted octanol–water partition coefficient (Wildman–Crippen LogP) is 1.34. The fourth-order valence-electron chi connectivity index (χ4n) is 2.18. The smallest absolute Gasteiger partial charge is 0.0648 e.